The Balaban J connectivity index is 1.80. The Labute approximate surface area is 132 Å². The monoisotopic (exact) mass is 305 g/mol. The number of aryl methyl sites for hydroxylation is 1. The summed E-state index contributed by atoms with van der Waals surface area (Å²) in [5.74, 6) is 1.20. The van der Waals surface area contributed by atoms with Crippen LogP contribution in [0.3, 0.4) is 0 Å². The van der Waals surface area contributed by atoms with Gasteiger partial charge in [0.1, 0.15) is 5.82 Å². The van der Waals surface area contributed by atoms with E-state index in [9.17, 15) is 4.79 Å². The van der Waals surface area contributed by atoms with Gasteiger partial charge in [-0.1, -0.05) is 6.08 Å². The molecular weight excluding hydrogens is 278 g/mol. The van der Waals surface area contributed by atoms with Crippen LogP contribution in [0.15, 0.2) is 25.0 Å². The molecule has 0 bridgehead atoms. The maximum atomic E-state index is 12.0. The highest BCUT2D eigenvalue weighted by Crippen LogP contribution is 2.10. The summed E-state index contributed by atoms with van der Waals surface area (Å²) >= 11 is 0. The second-order valence-electron chi connectivity index (χ2n) is 5.65. The van der Waals surface area contributed by atoms with Gasteiger partial charge < -0.3 is 9.88 Å². The van der Waals surface area contributed by atoms with Gasteiger partial charge in [-0.3, -0.25) is 14.6 Å². The lowest BCUT2D eigenvalue weighted by Crippen LogP contribution is -2.53. The number of hydrogen-bond acceptors (Lipinski definition) is 4. The van der Waals surface area contributed by atoms with Crippen molar-refractivity contribution in [1.82, 2.24) is 24.7 Å². The van der Waals surface area contributed by atoms with Crippen LogP contribution in [0, 0.1) is 0 Å². The van der Waals surface area contributed by atoms with E-state index >= 15 is 0 Å². The standard InChI is InChI=1S/C16H27N5O/c1-4-6-18-16(22)14(3)21-11-9-19(10-12-21)13-15-17-7-8-20(15)5-2/h4,7-8,14H,1,5-6,9-13H2,2-3H3,(H,18,22). The van der Waals surface area contributed by atoms with Crippen molar-refractivity contribution in [3.63, 3.8) is 0 Å². The van der Waals surface area contributed by atoms with Gasteiger partial charge in [-0.05, 0) is 13.8 Å². The number of hydrogen-bond donors (Lipinski definition) is 1. The molecule has 1 N–H and O–H groups in total. The summed E-state index contributed by atoms with van der Waals surface area (Å²) < 4.78 is 2.18. The smallest absolute Gasteiger partial charge is 0.237 e. The van der Waals surface area contributed by atoms with Crippen molar-refractivity contribution in [2.45, 2.75) is 33.0 Å². The van der Waals surface area contributed by atoms with Crippen molar-refractivity contribution < 1.29 is 4.79 Å². The van der Waals surface area contributed by atoms with Crippen molar-refractivity contribution in [3.05, 3.63) is 30.9 Å². The summed E-state index contributed by atoms with van der Waals surface area (Å²) in [6.45, 7) is 13.8. The molecule has 0 radical (unpaired) electrons. The molecule has 0 saturated carbocycles. The molecular formula is C16H27N5O. The van der Waals surface area contributed by atoms with Crippen molar-refractivity contribution in [2.24, 2.45) is 0 Å². The minimum atomic E-state index is -0.0836. The summed E-state index contributed by atoms with van der Waals surface area (Å²) in [5, 5.41) is 2.87. The van der Waals surface area contributed by atoms with Gasteiger partial charge in [0, 0.05) is 51.7 Å². The molecule has 22 heavy (non-hydrogen) atoms. The lowest BCUT2D eigenvalue weighted by molar-refractivity contribution is -0.126. The summed E-state index contributed by atoms with van der Waals surface area (Å²) in [6, 6.07) is -0.0836. The van der Waals surface area contributed by atoms with Gasteiger partial charge in [-0.15, -0.1) is 6.58 Å². The fourth-order valence-electron chi connectivity index (χ4n) is 2.77. The molecule has 1 amide bonds. The Morgan fingerprint density at radius 2 is 2.18 bits per heavy atom. The van der Waals surface area contributed by atoms with Gasteiger partial charge in [0.05, 0.1) is 12.6 Å². The molecule has 1 aliphatic heterocycles. The van der Waals surface area contributed by atoms with Gasteiger partial charge in [0.15, 0.2) is 0 Å². The van der Waals surface area contributed by atoms with E-state index in [2.05, 4.69) is 38.2 Å². The Bertz CT molecular complexity index is 490. The number of nitrogens with one attached hydrogen (secondary N) is 1. The zero-order valence-electron chi connectivity index (χ0n) is 13.7. The van der Waals surface area contributed by atoms with Crippen LogP contribution >= 0.6 is 0 Å². The zero-order valence-corrected chi connectivity index (χ0v) is 13.7. The minimum Gasteiger partial charge on any atom is -0.351 e. The predicted molar refractivity (Wildman–Crippen MR) is 87.4 cm³/mol. The number of imidazole rings is 1. The SMILES string of the molecule is C=CCNC(=O)C(C)N1CCN(Cc2nccn2CC)CC1. The second kappa shape index (κ2) is 8.10. The van der Waals surface area contributed by atoms with Crippen LogP contribution in [-0.2, 0) is 17.9 Å². The summed E-state index contributed by atoms with van der Waals surface area (Å²) in [7, 11) is 0. The lowest BCUT2D eigenvalue weighted by atomic mass is 10.2. The van der Waals surface area contributed by atoms with Crippen LogP contribution in [0.4, 0.5) is 0 Å². The third-order valence-electron chi connectivity index (χ3n) is 4.26. The molecule has 2 heterocycles. The number of amides is 1. The van der Waals surface area contributed by atoms with Crippen molar-refractivity contribution in [2.75, 3.05) is 32.7 Å². The Kier molecular flexibility index (Phi) is 6.15. The number of rotatable bonds is 7. The fraction of sp³-hybridized carbons (Fsp3) is 0.625. The zero-order chi connectivity index (χ0) is 15.9. The van der Waals surface area contributed by atoms with E-state index in [1.165, 1.54) is 0 Å². The van der Waals surface area contributed by atoms with Crippen LogP contribution < -0.4 is 5.32 Å². The first-order valence-electron chi connectivity index (χ1n) is 8.00. The number of carbonyl (C=O) groups excluding carboxylic acids is 1. The minimum absolute atomic E-state index is 0.0786. The van der Waals surface area contributed by atoms with Crippen LogP contribution in [0.5, 0.6) is 0 Å². The predicted octanol–water partition coefficient (Wildman–Crippen LogP) is 0.711. The highest BCUT2D eigenvalue weighted by atomic mass is 16.2. The van der Waals surface area contributed by atoms with E-state index in [4.69, 9.17) is 0 Å². The van der Waals surface area contributed by atoms with E-state index in [0.29, 0.717) is 6.54 Å². The van der Waals surface area contributed by atoms with E-state index in [1.54, 1.807) is 6.08 Å². The van der Waals surface area contributed by atoms with Gasteiger partial charge >= 0.3 is 0 Å². The van der Waals surface area contributed by atoms with Gasteiger partial charge in [-0.25, -0.2) is 4.98 Å². The van der Waals surface area contributed by atoms with Crippen LogP contribution in [0.2, 0.25) is 0 Å². The Morgan fingerprint density at radius 3 is 2.82 bits per heavy atom. The molecule has 0 aliphatic carbocycles. The molecule has 1 aromatic rings. The maximum Gasteiger partial charge on any atom is 0.237 e. The average molecular weight is 305 g/mol. The van der Waals surface area contributed by atoms with Gasteiger partial charge in [-0.2, -0.15) is 0 Å². The molecule has 1 saturated heterocycles. The average Bonchev–Trinajstić information content (AvgIpc) is 2.99. The molecule has 6 nitrogen and oxygen atoms in total. The number of piperazine rings is 1. The molecule has 2 rings (SSSR count). The Hall–Kier alpha value is -1.66. The number of aromatic nitrogens is 2. The maximum absolute atomic E-state index is 12.0. The molecule has 1 fully saturated rings. The highest BCUT2D eigenvalue weighted by molar-refractivity contribution is 5.81. The first kappa shape index (κ1) is 16.7. The molecule has 1 aliphatic rings. The van der Waals surface area contributed by atoms with E-state index in [0.717, 1.165) is 45.1 Å². The largest absolute Gasteiger partial charge is 0.351 e. The third-order valence-corrected chi connectivity index (χ3v) is 4.26. The van der Waals surface area contributed by atoms with Crippen LogP contribution in [-0.4, -0.2) is 64.0 Å². The molecule has 0 aromatic carbocycles. The highest BCUT2D eigenvalue weighted by Gasteiger charge is 2.25. The van der Waals surface area contributed by atoms with Crippen LogP contribution in [0.25, 0.3) is 0 Å². The summed E-state index contributed by atoms with van der Waals surface area (Å²) in [5.41, 5.74) is 0. The number of carbonyl (C=O) groups is 1. The fourth-order valence-corrected chi connectivity index (χ4v) is 2.77. The first-order chi connectivity index (χ1) is 10.7. The molecule has 1 aromatic heterocycles. The van der Waals surface area contributed by atoms with Crippen LogP contribution in [0.1, 0.15) is 19.7 Å². The second-order valence-corrected chi connectivity index (χ2v) is 5.65. The lowest BCUT2D eigenvalue weighted by Gasteiger charge is -2.37. The van der Waals surface area contributed by atoms with E-state index in [1.807, 2.05) is 19.3 Å². The first-order valence-corrected chi connectivity index (χ1v) is 8.00. The number of nitrogens with zero attached hydrogens (tertiary/aromatic N) is 4. The molecule has 6 heteroatoms. The van der Waals surface area contributed by atoms with Gasteiger partial charge in [0.2, 0.25) is 5.91 Å². The molecule has 0 spiro atoms. The molecule has 122 valence electrons. The summed E-state index contributed by atoms with van der Waals surface area (Å²) in [6.07, 6.45) is 5.59. The van der Waals surface area contributed by atoms with E-state index < -0.39 is 0 Å². The topological polar surface area (TPSA) is 53.4 Å². The van der Waals surface area contributed by atoms with Crippen molar-refractivity contribution in [1.29, 1.82) is 0 Å². The van der Waals surface area contributed by atoms with Gasteiger partial charge in [0.25, 0.3) is 0 Å². The Morgan fingerprint density at radius 1 is 1.45 bits per heavy atom. The third kappa shape index (κ3) is 4.18. The van der Waals surface area contributed by atoms with E-state index in [-0.39, 0.29) is 11.9 Å². The summed E-state index contributed by atoms with van der Waals surface area (Å²) in [4.78, 5) is 21.1. The molecule has 1 unspecified atom stereocenters. The van der Waals surface area contributed by atoms with Crippen molar-refractivity contribution in [3.8, 4) is 0 Å². The molecule has 1 atom stereocenters. The van der Waals surface area contributed by atoms with Crippen molar-refractivity contribution >= 4 is 5.91 Å². The normalized spacial score (nSPS) is 18.1. The quantitative estimate of drug-likeness (QED) is 0.754.